The summed E-state index contributed by atoms with van der Waals surface area (Å²) in [4.78, 5) is 72.3. The third-order valence-electron chi connectivity index (χ3n) is 15.2. The molecule has 6 unspecified atom stereocenters. The van der Waals surface area contributed by atoms with E-state index in [-0.39, 0.29) is 60.9 Å². The second kappa shape index (κ2) is 25.7. The molecule has 3 aliphatic heterocycles. The van der Waals surface area contributed by atoms with Crippen molar-refractivity contribution in [2.45, 2.75) is 180 Å². The van der Waals surface area contributed by atoms with Gasteiger partial charge in [0.25, 0.3) is 11.7 Å². The first-order valence-electron chi connectivity index (χ1n) is 25.0. The highest BCUT2D eigenvalue weighted by Gasteiger charge is 2.53. The van der Waals surface area contributed by atoms with E-state index in [1.165, 1.54) is 12.0 Å². The summed E-state index contributed by atoms with van der Waals surface area (Å²) in [6.45, 7) is 12.8. The molecule has 0 spiro atoms. The first kappa shape index (κ1) is 55.7. The average molecular weight is 966 g/mol. The molecule has 384 valence electrons. The highest BCUT2D eigenvalue weighted by atomic mass is 16.6. The average Bonchev–Trinajstić information content (AvgIpc) is 3.88. The summed E-state index contributed by atoms with van der Waals surface area (Å²) in [5, 5.41) is 35.2. The Kier molecular flexibility index (Phi) is 20.8. The van der Waals surface area contributed by atoms with Gasteiger partial charge in [-0.2, -0.15) is 0 Å². The van der Waals surface area contributed by atoms with E-state index in [9.17, 15) is 34.2 Å². The topological polar surface area (TPSA) is 219 Å². The first-order chi connectivity index (χ1) is 32.8. The maximum Gasteiger partial charge on any atom is 0.329 e. The lowest BCUT2D eigenvalue weighted by Gasteiger charge is -2.42. The molecule has 1 aromatic rings. The molecule has 0 aromatic carbocycles. The highest BCUT2D eigenvalue weighted by Crippen LogP contribution is 2.39. The van der Waals surface area contributed by atoms with E-state index < -0.39 is 77.8 Å². The lowest BCUT2D eigenvalue weighted by Crippen LogP contribution is -2.61. The number of piperidine rings is 1. The van der Waals surface area contributed by atoms with Crippen LogP contribution < -0.4 is 0 Å². The first-order valence-corrected chi connectivity index (χ1v) is 25.0. The molecule has 1 saturated carbocycles. The van der Waals surface area contributed by atoms with Crippen LogP contribution in [0.15, 0.2) is 53.9 Å². The lowest BCUT2D eigenvalue weighted by atomic mass is 9.77. The number of amides is 1. The summed E-state index contributed by atoms with van der Waals surface area (Å²) in [5.41, 5.74) is 1.27. The Bertz CT molecular complexity index is 2020. The van der Waals surface area contributed by atoms with Gasteiger partial charge < -0.3 is 38.8 Å². The predicted octanol–water partition coefficient (Wildman–Crippen LogP) is 6.05. The summed E-state index contributed by atoms with van der Waals surface area (Å²) >= 11 is 0. The SMILES string of the molecule is COC1C(=O)C(C)C[C@H](C)/C=C/C=C/C=C(\C)[C@@H](OC)CC2CC[C@@H](C)[C@@](O)(O2)C(=O)C(=O)N2CCCCC2C(=O)O[C@H]([C@H](C)CC2CC[C@H](n3cnnn3)C(OC)C2)CC(=O)[C@H](C)/C=C(\C)[C@H]1O. The molecule has 5 rings (SSSR count). The van der Waals surface area contributed by atoms with Gasteiger partial charge in [0.2, 0.25) is 5.79 Å². The van der Waals surface area contributed by atoms with Gasteiger partial charge in [0.1, 0.15) is 36.5 Å². The van der Waals surface area contributed by atoms with Gasteiger partial charge in [0.15, 0.2) is 5.78 Å². The summed E-state index contributed by atoms with van der Waals surface area (Å²) in [6, 6.07) is -1.19. The number of nitrogens with zero attached hydrogens (tertiary/aromatic N) is 5. The molecule has 17 nitrogen and oxygen atoms in total. The van der Waals surface area contributed by atoms with Gasteiger partial charge in [0, 0.05) is 58.5 Å². The zero-order chi connectivity index (χ0) is 50.6. The number of rotatable bonds is 7. The van der Waals surface area contributed by atoms with Crippen LogP contribution >= 0.6 is 0 Å². The lowest BCUT2D eigenvalue weighted by molar-refractivity contribution is -0.265. The van der Waals surface area contributed by atoms with Crippen molar-refractivity contribution >= 4 is 29.2 Å². The zero-order valence-corrected chi connectivity index (χ0v) is 42.5. The molecule has 2 bridgehead atoms. The van der Waals surface area contributed by atoms with E-state index in [0.717, 1.165) is 18.4 Å². The van der Waals surface area contributed by atoms with Crippen molar-refractivity contribution < 1.29 is 57.9 Å². The van der Waals surface area contributed by atoms with Crippen LogP contribution in [0.25, 0.3) is 0 Å². The number of Topliss-reactive ketones (excluding diaryl/α,β-unsaturated/α-hetero) is 3. The number of carbonyl (C=O) groups is 5. The van der Waals surface area contributed by atoms with Crippen LogP contribution in [0.3, 0.4) is 0 Å². The number of ketones is 3. The Morgan fingerprint density at radius 1 is 0.884 bits per heavy atom. The standard InChI is InChI=1S/C52H79N5O12/c1-31-16-12-11-13-17-32(2)43(65-8)28-39-21-19-37(7)52(64,69-39)49(61)50(62)56-23-15-14-18-41(56)51(63)68-44(34(4)26-38-20-22-40(45(27-38)66-9)57-30-53-54-55-57)29-42(58)33(3)25-36(6)47(60)48(67-10)46(59)35(5)24-31/h11-13,16-17,25,30-31,33-35,37-41,43-45,47-48,60,64H,14-15,18-24,26-29H2,1-10H3/b13-11+,16-12+,32-17+,36-25+/t31-,33-,34-,35?,37-,38?,39?,40+,41?,43+,44+,45?,47-,48?,52-/m1/s1. The molecule has 2 saturated heterocycles. The number of allylic oxidation sites excluding steroid dienone is 6. The Hall–Kier alpha value is -4.26. The molecule has 17 heteroatoms. The molecular weight excluding hydrogens is 887 g/mol. The Balaban J connectivity index is 1.46. The number of tetrazole rings is 1. The Labute approximate surface area is 408 Å². The number of carbonyl (C=O) groups excluding carboxylic acids is 5. The summed E-state index contributed by atoms with van der Waals surface area (Å²) in [7, 11) is 4.62. The minimum Gasteiger partial charge on any atom is -0.460 e. The van der Waals surface area contributed by atoms with Gasteiger partial charge in [-0.15, -0.1) is 5.10 Å². The van der Waals surface area contributed by atoms with Crippen LogP contribution in [0.2, 0.25) is 0 Å². The van der Waals surface area contributed by atoms with E-state index in [2.05, 4.69) is 15.5 Å². The summed E-state index contributed by atoms with van der Waals surface area (Å²) < 4.78 is 31.6. The molecule has 2 N–H and O–H groups in total. The predicted molar refractivity (Wildman–Crippen MR) is 256 cm³/mol. The molecule has 3 fully saturated rings. The number of aliphatic hydroxyl groups is 2. The number of aliphatic hydroxyl groups excluding tert-OH is 1. The van der Waals surface area contributed by atoms with Crippen LogP contribution in [-0.4, -0.2) is 141 Å². The second-order valence-corrected chi connectivity index (χ2v) is 20.4. The molecule has 1 aromatic heterocycles. The van der Waals surface area contributed by atoms with Gasteiger partial charge in [-0.3, -0.25) is 19.2 Å². The van der Waals surface area contributed by atoms with Crippen LogP contribution in [0.5, 0.6) is 0 Å². The van der Waals surface area contributed by atoms with Crippen molar-refractivity contribution in [2.24, 2.45) is 35.5 Å². The normalized spacial score (nSPS) is 38.8. The van der Waals surface area contributed by atoms with Crippen LogP contribution in [0.4, 0.5) is 0 Å². The molecule has 1 aliphatic carbocycles. The van der Waals surface area contributed by atoms with Gasteiger partial charge in [0.05, 0.1) is 24.4 Å². The third kappa shape index (κ3) is 14.2. The maximum atomic E-state index is 14.5. The maximum absolute atomic E-state index is 14.5. The fraction of sp³-hybridized carbons (Fsp3) is 0.731. The van der Waals surface area contributed by atoms with Crippen LogP contribution in [-0.2, 0) is 47.7 Å². The fourth-order valence-corrected chi connectivity index (χ4v) is 10.7. The monoisotopic (exact) mass is 966 g/mol. The molecule has 4 heterocycles. The third-order valence-corrected chi connectivity index (χ3v) is 15.2. The minimum atomic E-state index is -2.43. The Morgan fingerprint density at radius 3 is 2.32 bits per heavy atom. The smallest absolute Gasteiger partial charge is 0.329 e. The van der Waals surface area contributed by atoms with E-state index >= 15 is 0 Å². The quantitative estimate of drug-likeness (QED) is 0.181. The summed E-state index contributed by atoms with van der Waals surface area (Å²) in [6.07, 6.45) is 13.9. The molecule has 0 radical (unpaired) electrons. The number of ether oxygens (including phenoxy) is 5. The van der Waals surface area contributed by atoms with Gasteiger partial charge >= 0.3 is 5.97 Å². The van der Waals surface area contributed by atoms with Gasteiger partial charge in [-0.05, 0) is 117 Å². The van der Waals surface area contributed by atoms with E-state index in [1.54, 1.807) is 52.1 Å². The van der Waals surface area contributed by atoms with Crippen LogP contribution in [0, 0.1) is 35.5 Å². The number of aromatic nitrogens is 4. The highest BCUT2D eigenvalue weighted by molar-refractivity contribution is 6.39. The van der Waals surface area contributed by atoms with Crippen molar-refractivity contribution in [3.63, 3.8) is 0 Å². The van der Waals surface area contributed by atoms with Crippen molar-refractivity contribution in [1.29, 1.82) is 0 Å². The number of esters is 1. The van der Waals surface area contributed by atoms with Gasteiger partial charge in [-0.25, -0.2) is 9.48 Å². The molecule has 1 amide bonds. The van der Waals surface area contributed by atoms with Crippen molar-refractivity contribution in [2.75, 3.05) is 27.9 Å². The van der Waals surface area contributed by atoms with Gasteiger partial charge in [-0.1, -0.05) is 71.1 Å². The number of hydrogen-bond acceptors (Lipinski definition) is 15. The molecule has 4 aliphatic rings. The van der Waals surface area contributed by atoms with Crippen molar-refractivity contribution in [3.8, 4) is 0 Å². The molecule has 69 heavy (non-hydrogen) atoms. The molecular formula is C52H79N5O12. The van der Waals surface area contributed by atoms with E-state index in [4.69, 9.17) is 23.7 Å². The number of fused-ring (bicyclic) bond motifs is 3. The van der Waals surface area contributed by atoms with Crippen LogP contribution in [0.1, 0.15) is 132 Å². The molecule has 15 atom stereocenters. The van der Waals surface area contributed by atoms with Crippen molar-refractivity contribution in [1.82, 2.24) is 25.1 Å². The minimum absolute atomic E-state index is 0.0170. The summed E-state index contributed by atoms with van der Waals surface area (Å²) in [5.74, 6) is -7.92. The fourth-order valence-electron chi connectivity index (χ4n) is 10.7. The van der Waals surface area contributed by atoms with E-state index in [1.807, 2.05) is 58.1 Å². The Morgan fingerprint density at radius 2 is 1.64 bits per heavy atom. The van der Waals surface area contributed by atoms with Crippen molar-refractivity contribution in [3.05, 3.63) is 53.9 Å². The number of methoxy groups -OCH3 is 3. The zero-order valence-electron chi connectivity index (χ0n) is 42.5. The number of hydrogen-bond donors (Lipinski definition) is 2. The number of cyclic esters (lactones) is 1. The van der Waals surface area contributed by atoms with E-state index in [0.29, 0.717) is 56.9 Å². The second-order valence-electron chi connectivity index (χ2n) is 20.4. The largest absolute Gasteiger partial charge is 0.460 e.